The number of thiazole rings is 1. The van der Waals surface area contributed by atoms with Gasteiger partial charge in [-0.25, -0.2) is 23.2 Å². The van der Waals surface area contributed by atoms with E-state index in [0.29, 0.717) is 11.9 Å². The van der Waals surface area contributed by atoms with Crippen LogP contribution in [-0.4, -0.2) is 57.8 Å². The van der Waals surface area contributed by atoms with Crippen molar-refractivity contribution in [2.45, 2.75) is 43.0 Å². The molecule has 3 aromatic rings. The molecule has 1 aliphatic carbocycles. The van der Waals surface area contributed by atoms with Crippen LogP contribution in [0.25, 0.3) is 5.13 Å². The summed E-state index contributed by atoms with van der Waals surface area (Å²) in [5.41, 5.74) is -0.389. The number of sulfone groups is 1. The Balaban J connectivity index is 1.66. The summed E-state index contributed by atoms with van der Waals surface area (Å²) in [6.45, 7) is 1.54. The molecule has 1 saturated carbocycles. The van der Waals surface area contributed by atoms with Gasteiger partial charge in [0, 0.05) is 17.7 Å². The van der Waals surface area contributed by atoms with Crippen molar-refractivity contribution in [3.05, 3.63) is 46.5 Å². The molecule has 0 spiro atoms. The molecule has 0 radical (unpaired) electrons. The monoisotopic (exact) mass is 545 g/mol. The number of benzene rings is 1. The second kappa shape index (κ2) is 9.16. The molecule has 192 valence electrons. The fourth-order valence-electron chi connectivity index (χ4n) is 3.19. The SMILES string of the molecule is CC(NC(=O)c1cc(OC(F)(F)F)cc(S(C)(=O)=O)c1)c1nc(C2CC2)nn1-c1ncc(C(=O)O)s1. The number of aromatic carboxylic acids is 1. The van der Waals surface area contributed by atoms with Crippen molar-refractivity contribution in [2.24, 2.45) is 0 Å². The lowest BCUT2D eigenvalue weighted by atomic mass is 10.2. The van der Waals surface area contributed by atoms with E-state index in [2.05, 4.69) is 25.1 Å². The number of ether oxygens (including phenoxy) is 1. The standard InChI is InChI=1S/C20H18F3N5O6S2/c1-9(16-26-15(10-3-4-10)27-28(16)19-24-8-14(35-19)18(30)31)25-17(29)11-5-12(34-20(21,22)23)7-13(6-11)36(2,32)33/h5-10H,3-4H2,1-2H3,(H,25,29)(H,30,31). The predicted octanol–water partition coefficient (Wildman–Crippen LogP) is 3.09. The van der Waals surface area contributed by atoms with Gasteiger partial charge in [-0.15, -0.1) is 18.3 Å². The average Bonchev–Trinajstić information content (AvgIpc) is 3.30. The van der Waals surface area contributed by atoms with Crippen molar-refractivity contribution >= 4 is 33.1 Å². The number of amides is 1. The van der Waals surface area contributed by atoms with Gasteiger partial charge in [-0.05, 0) is 38.0 Å². The molecular weight excluding hydrogens is 527 g/mol. The Kier molecular flexibility index (Phi) is 6.51. The summed E-state index contributed by atoms with van der Waals surface area (Å²) in [5, 5.41) is 16.3. The number of nitrogens with one attached hydrogen (secondary N) is 1. The van der Waals surface area contributed by atoms with Crippen molar-refractivity contribution in [3.8, 4) is 10.9 Å². The molecule has 0 saturated heterocycles. The number of carboxylic acid groups (broad SMARTS) is 1. The van der Waals surface area contributed by atoms with Gasteiger partial charge in [-0.2, -0.15) is 4.68 Å². The summed E-state index contributed by atoms with van der Waals surface area (Å²) >= 11 is 0.846. The highest BCUT2D eigenvalue weighted by molar-refractivity contribution is 7.90. The number of carbonyl (C=O) groups is 2. The quantitative estimate of drug-likeness (QED) is 0.435. The van der Waals surface area contributed by atoms with E-state index in [1.54, 1.807) is 0 Å². The lowest BCUT2D eigenvalue weighted by molar-refractivity contribution is -0.274. The first-order valence-corrected chi connectivity index (χ1v) is 13.0. The van der Waals surface area contributed by atoms with Gasteiger partial charge in [-0.1, -0.05) is 11.3 Å². The molecule has 2 N–H and O–H groups in total. The van der Waals surface area contributed by atoms with Gasteiger partial charge >= 0.3 is 12.3 Å². The molecule has 16 heteroatoms. The van der Waals surface area contributed by atoms with Crippen LogP contribution in [-0.2, 0) is 9.84 Å². The van der Waals surface area contributed by atoms with Crippen LogP contribution in [0.15, 0.2) is 29.3 Å². The van der Waals surface area contributed by atoms with Crippen molar-refractivity contribution < 1.29 is 41.0 Å². The van der Waals surface area contributed by atoms with E-state index < -0.39 is 44.8 Å². The highest BCUT2D eigenvalue weighted by Gasteiger charge is 2.33. The van der Waals surface area contributed by atoms with Crippen LogP contribution in [0, 0.1) is 0 Å². The topological polar surface area (TPSA) is 153 Å². The van der Waals surface area contributed by atoms with Crippen LogP contribution in [0.3, 0.4) is 0 Å². The number of carbonyl (C=O) groups excluding carboxylic acids is 1. The molecule has 1 unspecified atom stereocenters. The normalized spacial score (nSPS) is 14.9. The summed E-state index contributed by atoms with van der Waals surface area (Å²) in [5.74, 6) is -2.13. The fourth-order valence-corrected chi connectivity index (χ4v) is 4.58. The van der Waals surface area contributed by atoms with Crippen molar-refractivity contribution in [2.75, 3.05) is 6.26 Å². The number of hydrogen-bond donors (Lipinski definition) is 2. The summed E-state index contributed by atoms with van der Waals surface area (Å²) in [6.07, 6.45) is -1.43. The van der Waals surface area contributed by atoms with E-state index in [-0.39, 0.29) is 27.3 Å². The van der Waals surface area contributed by atoms with E-state index in [4.69, 9.17) is 0 Å². The first kappa shape index (κ1) is 25.6. The fraction of sp³-hybridized carbons (Fsp3) is 0.350. The average molecular weight is 546 g/mol. The minimum atomic E-state index is -5.10. The minimum absolute atomic E-state index is 0.0362. The summed E-state index contributed by atoms with van der Waals surface area (Å²) in [6, 6.07) is 1.50. The van der Waals surface area contributed by atoms with Gasteiger partial charge in [-0.3, -0.25) is 4.79 Å². The number of nitrogens with zero attached hydrogens (tertiary/aromatic N) is 4. The Hall–Kier alpha value is -3.53. The summed E-state index contributed by atoms with van der Waals surface area (Å²) < 4.78 is 67.2. The highest BCUT2D eigenvalue weighted by atomic mass is 32.2. The Morgan fingerprint density at radius 3 is 2.53 bits per heavy atom. The molecule has 1 atom stereocenters. The van der Waals surface area contributed by atoms with Gasteiger partial charge in [0.25, 0.3) is 5.91 Å². The van der Waals surface area contributed by atoms with Crippen molar-refractivity contribution in [3.63, 3.8) is 0 Å². The lowest BCUT2D eigenvalue weighted by Crippen LogP contribution is -2.29. The number of alkyl halides is 3. The van der Waals surface area contributed by atoms with Crippen LogP contribution in [0.1, 0.15) is 63.4 Å². The smallest absolute Gasteiger partial charge is 0.477 e. The molecule has 1 aliphatic rings. The molecule has 2 heterocycles. The predicted molar refractivity (Wildman–Crippen MR) is 118 cm³/mol. The second-order valence-electron chi connectivity index (χ2n) is 8.03. The highest BCUT2D eigenvalue weighted by Crippen LogP contribution is 2.39. The number of aromatic nitrogens is 4. The van der Waals surface area contributed by atoms with Gasteiger partial charge in [0.05, 0.1) is 17.1 Å². The third kappa shape index (κ3) is 5.81. The maximum absolute atomic E-state index is 12.9. The summed E-state index contributed by atoms with van der Waals surface area (Å²) in [4.78, 5) is 32.1. The zero-order valence-electron chi connectivity index (χ0n) is 18.6. The molecular formula is C20H18F3N5O6S2. The van der Waals surface area contributed by atoms with E-state index >= 15 is 0 Å². The molecule has 11 nitrogen and oxygen atoms in total. The van der Waals surface area contributed by atoms with Crippen LogP contribution in [0.4, 0.5) is 13.2 Å². The van der Waals surface area contributed by atoms with E-state index in [0.717, 1.165) is 48.8 Å². The Bertz CT molecular complexity index is 1450. The zero-order chi connectivity index (χ0) is 26.4. The molecule has 0 aliphatic heterocycles. The van der Waals surface area contributed by atoms with Crippen LogP contribution in [0.5, 0.6) is 5.75 Å². The van der Waals surface area contributed by atoms with Crippen LogP contribution < -0.4 is 10.1 Å². The summed E-state index contributed by atoms with van der Waals surface area (Å²) in [7, 11) is -3.97. The first-order valence-electron chi connectivity index (χ1n) is 10.3. The van der Waals surface area contributed by atoms with Crippen LogP contribution in [0.2, 0.25) is 0 Å². The van der Waals surface area contributed by atoms with E-state index in [1.807, 2.05) is 0 Å². The van der Waals surface area contributed by atoms with Crippen LogP contribution >= 0.6 is 11.3 Å². The lowest BCUT2D eigenvalue weighted by Gasteiger charge is -2.15. The molecule has 1 fully saturated rings. The van der Waals surface area contributed by atoms with Gasteiger partial charge < -0.3 is 15.2 Å². The molecule has 1 amide bonds. The maximum atomic E-state index is 12.9. The Labute approximate surface area is 205 Å². The number of carboxylic acids is 1. The maximum Gasteiger partial charge on any atom is 0.573 e. The minimum Gasteiger partial charge on any atom is -0.477 e. The number of hydrogen-bond acceptors (Lipinski definition) is 9. The van der Waals surface area contributed by atoms with Crippen molar-refractivity contribution in [1.82, 2.24) is 25.1 Å². The molecule has 36 heavy (non-hydrogen) atoms. The Morgan fingerprint density at radius 1 is 1.28 bits per heavy atom. The van der Waals surface area contributed by atoms with Crippen molar-refractivity contribution in [1.29, 1.82) is 0 Å². The van der Waals surface area contributed by atoms with E-state index in [1.165, 1.54) is 11.6 Å². The molecule has 0 bridgehead atoms. The second-order valence-corrected chi connectivity index (χ2v) is 11.1. The third-order valence-corrected chi connectivity index (χ3v) is 7.07. The molecule has 4 rings (SSSR count). The largest absolute Gasteiger partial charge is 0.573 e. The molecule has 1 aromatic carbocycles. The van der Waals surface area contributed by atoms with Gasteiger partial charge in [0.2, 0.25) is 5.13 Å². The first-order chi connectivity index (χ1) is 16.7. The third-order valence-electron chi connectivity index (χ3n) is 5.02. The number of rotatable bonds is 8. The Morgan fingerprint density at radius 2 is 1.97 bits per heavy atom. The zero-order valence-corrected chi connectivity index (χ0v) is 20.2. The number of halogens is 3. The van der Waals surface area contributed by atoms with Gasteiger partial charge in [0.1, 0.15) is 10.6 Å². The van der Waals surface area contributed by atoms with E-state index in [9.17, 15) is 36.3 Å². The van der Waals surface area contributed by atoms with Gasteiger partial charge in [0.15, 0.2) is 21.5 Å². The molecule has 2 aromatic heterocycles.